The number of aromatic nitrogens is 2. The summed E-state index contributed by atoms with van der Waals surface area (Å²) in [5, 5.41) is 4.40. The van der Waals surface area contributed by atoms with E-state index in [0.29, 0.717) is 11.3 Å². The molecule has 0 unspecified atom stereocenters. The van der Waals surface area contributed by atoms with Crippen LogP contribution in [0.3, 0.4) is 0 Å². The van der Waals surface area contributed by atoms with Crippen molar-refractivity contribution in [3.05, 3.63) is 81.9 Å². The minimum absolute atomic E-state index is 0.123. The van der Waals surface area contributed by atoms with Crippen LogP contribution < -0.4 is 15.8 Å². The SMILES string of the molecule is Cc1nn(Cc2ccc(F)cc2)c(Cl)c1C(=O)NNC(=O)c1cccc(N(C)C)c1. The second kappa shape index (κ2) is 8.96. The average Bonchev–Trinajstić information content (AvgIpc) is 3.00. The third-order valence-corrected chi connectivity index (χ3v) is 4.84. The molecule has 2 N–H and O–H groups in total. The van der Waals surface area contributed by atoms with Crippen molar-refractivity contribution in [2.75, 3.05) is 19.0 Å². The van der Waals surface area contributed by atoms with Crippen molar-refractivity contribution in [2.24, 2.45) is 0 Å². The molecule has 3 rings (SSSR count). The Hall–Kier alpha value is -3.39. The lowest BCUT2D eigenvalue weighted by Crippen LogP contribution is -2.41. The molecule has 0 aliphatic heterocycles. The van der Waals surface area contributed by atoms with Gasteiger partial charge in [-0.05, 0) is 42.8 Å². The van der Waals surface area contributed by atoms with Crippen LogP contribution in [0.5, 0.6) is 0 Å². The van der Waals surface area contributed by atoms with Crippen molar-refractivity contribution in [1.29, 1.82) is 0 Å². The van der Waals surface area contributed by atoms with E-state index in [2.05, 4.69) is 16.0 Å². The molecule has 7 nitrogen and oxygen atoms in total. The first-order valence-electron chi connectivity index (χ1n) is 9.11. The number of aryl methyl sites for hydroxylation is 1. The summed E-state index contributed by atoms with van der Waals surface area (Å²) in [6, 6.07) is 12.9. The Bertz CT molecular complexity index is 1080. The van der Waals surface area contributed by atoms with Crippen molar-refractivity contribution < 1.29 is 14.0 Å². The molecule has 0 aliphatic carbocycles. The molecule has 1 aromatic heterocycles. The van der Waals surface area contributed by atoms with Crippen molar-refractivity contribution in [3.63, 3.8) is 0 Å². The monoisotopic (exact) mass is 429 g/mol. The standard InChI is InChI=1S/C21H21ClFN5O2/c1-13-18(19(22)28(26-13)12-14-7-9-16(23)10-8-14)21(30)25-24-20(29)15-5-4-6-17(11-15)27(2)3/h4-11H,12H2,1-3H3,(H,24,29)(H,25,30). The van der Waals surface area contributed by atoms with E-state index in [9.17, 15) is 14.0 Å². The summed E-state index contributed by atoms with van der Waals surface area (Å²) in [4.78, 5) is 26.8. The summed E-state index contributed by atoms with van der Waals surface area (Å²) >= 11 is 6.34. The highest BCUT2D eigenvalue weighted by Crippen LogP contribution is 2.21. The first-order chi connectivity index (χ1) is 14.3. The first kappa shape index (κ1) is 21.3. The third kappa shape index (κ3) is 4.77. The van der Waals surface area contributed by atoms with Gasteiger partial charge >= 0.3 is 0 Å². The van der Waals surface area contributed by atoms with Gasteiger partial charge in [0.05, 0.1) is 12.2 Å². The number of hydrazine groups is 1. The van der Waals surface area contributed by atoms with Gasteiger partial charge in [-0.15, -0.1) is 0 Å². The molecule has 0 saturated heterocycles. The molecule has 30 heavy (non-hydrogen) atoms. The quantitative estimate of drug-likeness (QED) is 0.610. The van der Waals surface area contributed by atoms with Crippen LogP contribution in [0.2, 0.25) is 5.15 Å². The van der Waals surface area contributed by atoms with Crippen LogP contribution >= 0.6 is 11.6 Å². The number of rotatable bonds is 5. The minimum atomic E-state index is -0.583. The molecule has 2 amide bonds. The lowest BCUT2D eigenvalue weighted by atomic mass is 10.2. The van der Waals surface area contributed by atoms with Gasteiger partial charge in [0.2, 0.25) is 0 Å². The fraction of sp³-hybridized carbons (Fsp3) is 0.190. The van der Waals surface area contributed by atoms with Gasteiger partial charge in [0, 0.05) is 25.3 Å². The zero-order valence-corrected chi connectivity index (χ0v) is 17.5. The Morgan fingerprint density at radius 1 is 1.10 bits per heavy atom. The molecule has 0 radical (unpaired) electrons. The summed E-state index contributed by atoms with van der Waals surface area (Å²) in [6.07, 6.45) is 0. The van der Waals surface area contributed by atoms with Crippen LogP contribution in [0, 0.1) is 12.7 Å². The number of anilines is 1. The Kier molecular flexibility index (Phi) is 6.37. The second-order valence-corrected chi connectivity index (χ2v) is 7.25. The second-order valence-electron chi connectivity index (χ2n) is 6.89. The third-order valence-electron chi connectivity index (χ3n) is 4.45. The summed E-state index contributed by atoms with van der Waals surface area (Å²) in [5.74, 6) is -1.38. The van der Waals surface area contributed by atoms with Crippen LogP contribution in [-0.2, 0) is 6.54 Å². The average molecular weight is 430 g/mol. The Labute approximate surface area is 178 Å². The van der Waals surface area contributed by atoms with Gasteiger partial charge in [-0.25, -0.2) is 9.07 Å². The molecule has 9 heteroatoms. The Morgan fingerprint density at radius 2 is 1.77 bits per heavy atom. The maximum atomic E-state index is 13.1. The van der Waals surface area contributed by atoms with E-state index in [1.54, 1.807) is 37.3 Å². The number of hydrogen-bond donors (Lipinski definition) is 2. The molecule has 1 heterocycles. The highest BCUT2D eigenvalue weighted by atomic mass is 35.5. The highest BCUT2D eigenvalue weighted by Gasteiger charge is 2.21. The first-order valence-corrected chi connectivity index (χ1v) is 9.49. The largest absolute Gasteiger partial charge is 0.378 e. The molecule has 0 fully saturated rings. The maximum absolute atomic E-state index is 13.1. The van der Waals surface area contributed by atoms with E-state index < -0.39 is 11.8 Å². The van der Waals surface area contributed by atoms with Gasteiger partial charge in [0.1, 0.15) is 16.5 Å². The van der Waals surface area contributed by atoms with Gasteiger partial charge in [-0.2, -0.15) is 5.10 Å². The Balaban J connectivity index is 1.69. The fourth-order valence-electron chi connectivity index (χ4n) is 2.85. The van der Waals surface area contributed by atoms with Crippen LogP contribution in [0.1, 0.15) is 32.0 Å². The van der Waals surface area contributed by atoms with E-state index in [0.717, 1.165) is 11.3 Å². The van der Waals surface area contributed by atoms with Crippen molar-refractivity contribution in [2.45, 2.75) is 13.5 Å². The zero-order chi connectivity index (χ0) is 21.8. The summed E-state index contributed by atoms with van der Waals surface area (Å²) in [6.45, 7) is 1.92. The normalized spacial score (nSPS) is 10.6. The fourth-order valence-corrected chi connectivity index (χ4v) is 3.17. The van der Waals surface area contributed by atoms with Gasteiger partial charge in [-0.1, -0.05) is 29.8 Å². The van der Waals surface area contributed by atoms with Crippen LogP contribution in [0.15, 0.2) is 48.5 Å². The number of nitrogens with zero attached hydrogens (tertiary/aromatic N) is 3. The maximum Gasteiger partial charge on any atom is 0.274 e. The molecule has 0 atom stereocenters. The highest BCUT2D eigenvalue weighted by molar-refractivity contribution is 6.33. The molecule has 3 aromatic rings. The Morgan fingerprint density at radius 3 is 2.43 bits per heavy atom. The number of halogens is 2. The summed E-state index contributed by atoms with van der Waals surface area (Å²) in [7, 11) is 3.74. The molecule has 0 bridgehead atoms. The van der Waals surface area contributed by atoms with E-state index in [1.165, 1.54) is 16.8 Å². The predicted molar refractivity (Wildman–Crippen MR) is 113 cm³/mol. The van der Waals surface area contributed by atoms with Crippen molar-refractivity contribution in [3.8, 4) is 0 Å². The lowest BCUT2D eigenvalue weighted by molar-refractivity contribution is 0.0846. The number of carbonyl (C=O) groups excluding carboxylic acids is 2. The van der Waals surface area contributed by atoms with Crippen molar-refractivity contribution >= 4 is 29.1 Å². The van der Waals surface area contributed by atoms with Gasteiger partial charge in [-0.3, -0.25) is 20.4 Å². The predicted octanol–water partition coefficient (Wildman–Crippen LogP) is 3.17. The minimum Gasteiger partial charge on any atom is -0.378 e. The van der Waals surface area contributed by atoms with E-state index in [4.69, 9.17) is 11.6 Å². The number of amides is 2. The smallest absolute Gasteiger partial charge is 0.274 e. The number of benzene rings is 2. The van der Waals surface area contributed by atoms with Crippen molar-refractivity contribution in [1.82, 2.24) is 20.6 Å². The molecule has 0 aliphatic rings. The lowest BCUT2D eigenvalue weighted by Gasteiger charge is -2.13. The van der Waals surface area contributed by atoms with Gasteiger partial charge < -0.3 is 4.90 Å². The molecule has 2 aromatic carbocycles. The number of hydrogen-bond acceptors (Lipinski definition) is 4. The zero-order valence-electron chi connectivity index (χ0n) is 16.7. The molecule has 156 valence electrons. The topological polar surface area (TPSA) is 79.3 Å². The summed E-state index contributed by atoms with van der Waals surface area (Å²) in [5.41, 5.74) is 7.36. The van der Waals surface area contributed by atoms with Gasteiger partial charge in [0.25, 0.3) is 11.8 Å². The van der Waals surface area contributed by atoms with Crippen LogP contribution in [0.25, 0.3) is 0 Å². The molecule has 0 saturated carbocycles. The number of nitrogens with one attached hydrogen (secondary N) is 2. The summed E-state index contributed by atoms with van der Waals surface area (Å²) < 4.78 is 14.5. The van der Waals surface area contributed by atoms with Gasteiger partial charge in [0.15, 0.2) is 0 Å². The number of carbonyl (C=O) groups is 2. The molecular weight excluding hydrogens is 409 g/mol. The van der Waals surface area contributed by atoms with E-state index >= 15 is 0 Å². The van der Waals surface area contributed by atoms with Crippen LogP contribution in [-0.4, -0.2) is 35.7 Å². The molecular formula is C21H21ClFN5O2. The van der Waals surface area contributed by atoms with E-state index in [-0.39, 0.29) is 23.1 Å². The van der Waals surface area contributed by atoms with E-state index in [1.807, 2.05) is 25.1 Å². The van der Waals surface area contributed by atoms with Crippen LogP contribution in [0.4, 0.5) is 10.1 Å². The molecule has 0 spiro atoms.